The molecule has 1 aromatic carbocycles. The fraction of sp³-hybridized carbons (Fsp3) is 0.625. The van der Waals surface area contributed by atoms with Crippen molar-refractivity contribution in [2.24, 2.45) is 5.92 Å². The fourth-order valence-electron chi connectivity index (χ4n) is 2.99. The lowest BCUT2D eigenvalue weighted by Gasteiger charge is -2.35. The Morgan fingerprint density at radius 3 is 2.62 bits per heavy atom. The van der Waals surface area contributed by atoms with Gasteiger partial charge in [0.15, 0.2) is 0 Å². The smallest absolute Gasteiger partial charge is 0.371 e. The number of benzene rings is 1. The molecule has 0 saturated heterocycles. The van der Waals surface area contributed by atoms with Gasteiger partial charge in [-0.05, 0) is 36.5 Å². The van der Waals surface area contributed by atoms with Crippen molar-refractivity contribution >= 4 is 21.4 Å². The summed E-state index contributed by atoms with van der Waals surface area (Å²) < 4.78 is 61.8. The highest BCUT2D eigenvalue weighted by Crippen LogP contribution is 2.34. The van der Waals surface area contributed by atoms with Crippen molar-refractivity contribution in [1.29, 1.82) is 0 Å². The molecule has 1 atom stereocenters. The number of unbranched alkanes of at least 4 members (excludes halogenated alkanes) is 2. The zero-order valence-corrected chi connectivity index (χ0v) is 14.7. The molecule has 4 nitrogen and oxygen atoms in total. The van der Waals surface area contributed by atoms with Gasteiger partial charge in [-0.2, -0.15) is 21.6 Å². The predicted molar refractivity (Wildman–Crippen MR) is 89.6 cm³/mol. The third-order valence-electron chi connectivity index (χ3n) is 4.11. The molecule has 1 unspecified atom stereocenters. The monoisotopic (exact) mass is 364 g/mol. The molecule has 0 radical (unpaired) electrons. The maximum absolute atomic E-state index is 12.5. The van der Waals surface area contributed by atoms with E-state index in [1.165, 1.54) is 12.1 Å². The van der Waals surface area contributed by atoms with E-state index >= 15 is 0 Å². The zero-order valence-electron chi connectivity index (χ0n) is 13.9. The molecule has 1 N–H and O–H groups in total. The Morgan fingerprint density at radius 1 is 1.29 bits per heavy atom. The summed E-state index contributed by atoms with van der Waals surface area (Å²) in [5.74, 6) is 0.455. The van der Waals surface area contributed by atoms with Crippen LogP contribution in [0.2, 0.25) is 0 Å². The van der Waals surface area contributed by atoms with Gasteiger partial charge in [0.1, 0.15) is 0 Å². The largest absolute Gasteiger partial charge is 0.516 e. The van der Waals surface area contributed by atoms with Gasteiger partial charge in [-0.15, -0.1) is 0 Å². The van der Waals surface area contributed by atoms with Crippen molar-refractivity contribution in [2.75, 3.05) is 22.7 Å². The number of hydrogen-bond acceptors (Lipinski definition) is 3. The first kappa shape index (κ1) is 18.9. The molecule has 0 spiro atoms. The highest BCUT2D eigenvalue weighted by Gasteiger charge is 2.46. The lowest BCUT2D eigenvalue weighted by Crippen LogP contribution is -2.35. The molecular weight excluding hydrogens is 341 g/mol. The van der Waals surface area contributed by atoms with Gasteiger partial charge in [0.2, 0.25) is 0 Å². The number of rotatable bonds is 6. The molecule has 0 bridgehead atoms. The van der Waals surface area contributed by atoms with Crippen molar-refractivity contribution in [1.82, 2.24) is 0 Å². The van der Waals surface area contributed by atoms with E-state index in [2.05, 4.69) is 18.7 Å². The fourth-order valence-corrected chi connectivity index (χ4v) is 3.54. The topological polar surface area (TPSA) is 49.4 Å². The quantitative estimate of drug-likeness (QED) is 0.772. The SMILES string of the molecule is CCCCCN1CC(C)Cc2ccc(NS(=O)(=O)C(F)(F)F)cc21. The standard InChI is InChI=1S/C16H23F3N2O2S/c1-3-4-5-8-21-11-12(2)9-13-6-7-14(10-15(13)21)20-24(22,23)16(17,18)19/h6-7,10,12,20H,3-5,8-9,11H2,1-2H3. The second-order valence-electron chi connectivity index (χ2n) is 6.36. The summed E-state index contributed by atoms with van der Waals surface area (Å²) in [4.78, 5) is 2.14. The molecular formula is C16H23F3N2O2S. The Hall–Kier alpha value is -1.44. The van der Waals surface area contributed by atoms with Crippen LogP contribution in [0.15, 0.2) is 18.2 Å². The molecule has 2 rings (SSSR count). The first-order chi connectivity index (χ1) is 11.1. The minimum absolute atomic E-state index is 0.0545. The van der Waals surface area contributed by atoms with E-state index in [1.807, 2.05) is 0 Å². The minimum Gasteiger partial charge on any atom is -0.371 e. The highest BCUT2D eigenvalue weighted by atomic mass is 32.2. The van der Waals surface area contributed by atoms with Crippen LogP contribution in [-0.2, 0) is 16.4 Å². The molecule has 1 aliphatic heterocycles. The number of anilines is 2. The van der Waals surface area contributed by atoms with E-state index < -0.39 is 15.5 Å². The molecule has 136 valence electrons. The first-order valence-electron chi connectivity index (χ1n) is 8.11. The molecule has 0 saturated carbocycles. The normalized spacial score (nSPS) is 18.4. The molecule has 24 heavy (non-hydrogen) atoms. The molecule has 0 amide bonds. The van der Waals surface area contributed by atoms with E-state index in [1.54, 1.807) is 10.8 Å². The van der Waals surface area contributed by atoms with Crippen LogP contribution in [0.4, 0.5) is 24.5 Å². The second-order valence-corrected chi connectivity index (χ2v) is 8.03. The number of halogens is 3. The summed E-state index contributed by atoms with van der Waals surface area (Å²) >= 11 is 0. The Morgan fingerprint density at radius 2 is 2.00 bits per heavy atom. The van der Waals surface area contributed by atoms with Crippen LogP contribution in [0.1, 0.15) is 38.7 Å². The highest BCUT2D eigenvalue weighted by molar-refractivity contribution is 7.93. The lowest BCUT2D eigenvalue weighted by atomic mass is 9.93. The summed E-state index contributed by atoms with van der Waals surface area (Å²) in [5.41, 5.74) is -3.51. The maximum Gasteiger partial charge on any atom is 0.516 e. The first-order valence-corrected chi connectivity index (χ1v) is 9.59. The van der Waals surface area contributed by atoms with E-state index in [0.29, 0.717) is 5.92 Å². The van der Waals surface area contributed by atoms with Crippen LogP contribution >= 0.6 is 0 Å². The number of sulfonamides is 1. The number of hydrogen-bond donors (Lipinski definition) is 1. The third-order valence-corrected chi connectivity index (χ3v) is 5.23. The summed E-state index contributed by atoms with van der Waals surface area (Å²) in [6.07, 6.45) is 4.01. The zero-order chi connectivity index (χ0) is 18.0. The molecule has 0 aliphatic carbocycles. The van der Waals surface area contributed by atoms with E-state index in [4.69, 9.17) is 0 Å². The summed E-state index contributed by atoms with van der Waals surface area (Å²) in [5, 5.41) is 0. The van der Waals surface area contributed by atoms with Crippen LogP contribution in [0.25, 0.3) is 0 Å². The van der Waals surface area contributed by atoms with Crippen LogP contribution in [0.5, 0.6) is 0 Å². The van der Waals surface area contributed by atoms with E-state index in [0.717, 1.165) is 50.0 Å². The van der Waals surface area contributed by atoms with Gasteiger partial charge in [0, 0.05) is 18.8 Å². The van der Waals surface area contributed by atoms with Crippen LogP contribution < -0.4 is 9.62 Å². The maximum atomic E-state index is 12.5. The lowest BCUT2D eigenvalue weighted by molar-refractivity contribution is -0.0429. The molecule has 8 heteroatoms. The molecule has 1 heterocycles. The van der Waals surface area contributed by atoms with Crippen molar-refractivity contribution in [3.05, 3.63) is 23.8 Å². The number of nitrogens with one attached hydrogen (secondary N) is 1. The molecule has 1 aliphatic rings. The molecule has 0 aromatic heterocycles. The summed E-state index contributed by atoms with van der Waals surface area (Å²) in [7, 11) is -5.39. The number of alkyl halides is 3. The van der Waals surface area contributed by atoms with Crippen LogP contribution in [-0.4, -0.2) is 27.0 Å². The van der Waals surface area contributed by atoms with E-state index in [9.17, 15) is 21.6 Å². The van der Waals surface area contributed by atoms with Gasteiger partial charge in [0.05, 0.1) is 5.69 Å². The van der Waals surface area contributed by atoms with E-state index in [-0.39, 0.29) is 5.69 Å². The average Bonchev–Trinajstić information content (AvgIpc) is 2.46. The van der Waals surface area contributed by atoms with Crippen LogP contribution in [0, 0.1) is 5.92 Å². The third kappa shape index (κ3) is 4.34. The Kier molecular flexibility index (Phi) is 5.67. The van der Waals surface area contributed by atoms with Gasteiger partial charge < -0.3 is 4.90 Å². The van der Waals surface area contributed by atoms with Gasteiger partial charge in [0.25, 0.3) is 0 Å². The minimum atomic E-state index is -5.39. The van der Waals surface area contributed by atoms with Crippen LogP contribution in [0.3, 0.4) is 0 Å². The second kappa shape index (κ2) is 7.21. The van der Waals surface area contributed by atoms with Crippen molar-refractivity contribution in [2.45, 2.75) is 45.0 Å². The Bertz CT molecular complexity index is 674. The number of nitrogens with zero attached hydrogens (tertiary/aromatic N) is 1. The summed E-state index contributed by atoms with van der Waals surface area (Å²) in [6, 6.07) is 4.62. The predicted octanol–water partition coefficient (Wildman–Crippen LogP) is 4.14. The Labute approximate surface area is 141 Å². The van der Waals surface area contributed by atoms with Gasteiger partial charge >= 0.3 is 15.5 Å². The van der Waals surface area contributed by atoms with Crippen molar-refractivity contribution < 1.29 is 21.6 Å². The van der Waals surface area contributed by atoms with Crippen molar-refractivity contribution in [3.63, 3.8) is 0 Å². The Balaban J connectivity index is 2.25. The average molecular weight is 364 g/mol. The number of fused-ring (bicyclic) bond motifs is 1. The summed E-state index contributed by atoms with van der Waals surface area (Å²) in [6.45, 7) is 5.89. The van der Waals surface area contributed by atoms with Gasteiger partial charge in [-0.25, -0.2) is 0 Å². The molecule has 1 aromatic rings. The van der Waals surface area contributed by atoms with Crippen molar-refractivity contribution in [3.8, 4) is 0 Å². The molecule has 0 fully saturated rings. The van der Waals surface area contributed by atoms with Gasteiger partial charge in [-0.1, -0.05) is 32.8 Å². The van der Waals surface area contributed by atoms with Gasteiger partial charge in [-0.3, -0.25) is 4.72 Å².